The number of carbonyl (C=O) groups excluding carboxylic acids is 1. The quantitative estimate of drug-likeness (QED) is 0.881. The molecule has 4 nitrogen and oxygen atoms in total. The van der Waals surface area contributed by atoms with Gasteiger partial charge in [0.2, 0.25) is 0 Å². The number of amides is 1. The molecule has 0 bridgehead atoms. The normalized spacial score (nSPS) is 9.95. The maximum absolute atomic E-state index is 12.1. The largest absolute Gasteiger partial charge is 0.398 e. The molecule has 3 N–H and O–H groups in total. The topological polar surface area (TPSA) is 78.9 Å². The molecule has 19 heavy (non-hydrogen) atoms. The lowest BCUT2D eigenvalue weighted by molar-refractivity contribution is 0.103. The highest BCUT2D eigenvalue weighted by Crippen LogP contribution is 2.26. The molecule has 2 rings (SSSR count). The van der Waals surface area contributed by atoms with Crippen LogP contribution in [0.5, 0.6) is 0 Å². The van der Waals surface area contributed by atoms with Gasteiger partial charge in [0.25, 0.3) is 5.91 Å². The summed E-state index contributed by atoms with van der Waals surface area (Å²) in [6.07, 6.45) is 0. The van der Waals surface area contributed by atoms with Crippen molar-refractivity contribution in [2.24, 2.45) is 0 Å². The number of aryl methyl sites for hydroxylation is 1. The highest BCUT2D eigenvalue weighted by Gasteiger charge is 2.13. The van der Waals surface area contributed by atoms with Gasteiger partial charge >= 0.3 is 0 Å². The van der Waals surface area contributed by atoms with E-state index in [0.717, 1.165) is 9.35 Å². The molecule has 0 unspecified atom stereocenters. The fraction of sp³-hybridized carbons (Fsp3) is 0.0769. The number of hydrogen-bond donors (Lipinski definition) is 2. The van der Waals surface area contributed by atoms with E-state index in [1.54, 1.807) is 24.3 Å². The van der Waals surface area contributed by atoms with Crippen molar-refractivity contribution in [2.75, 3.05) is 11.1 Å². The molecule has 1 amide bonds. The third-order valence-corrected chi connectivity index (χ3v) is 4.09. The zero-order valence-electron chi connectivity index (χ0n) is 10.0. The Bertz CT molecular complexity index is 668. The first-order valence-electron chi connectivity index (χ1n) is 5.38. The number of thiophene rings is 1. The molecule has 1 heterocycles. The number of benzene rings is 1. The molecule has 0 spiro atoms. The number of hydrogen-bond acceptors (Lipinski definition) is 4. The number of nitrogens with zero attached hydrogens (tertiary/aromatic N) is 1. The van der Waals surface area contributed by atoms with E-state index in [1.807, 2.05) is 13.0 Å². The van der Waals surface area contributed by atoms with E-state index < -0.39 is 0 Å². The van der Waals surface area contributed by atoms with Crippen LogP contribution in [0.2, 0.25) is 0 Å². The third kappa shape index (κ3) is 2.95. The molecule has 0 aliphatic carbocycles. The molecule has 0 saturated carbocycles. The third-order valence-electron chi connectivity index (χ3n) is 2.53. The summed E-state index contributed by atoms with van der Waals surface area (Å²) in [7, 11) is 0. The van der Waals surface area contributed by atoms with Gasteiger partial charge in [-0.2, -0.15) is 5.26 Å². The standard InChI is InChI=1S/C13H10BrN3OS/c1-7-10(16)5-12(19-7)13(18)17-11-4-9(14)3-2-8(11)6-15/h2-5H,16H2,1H3,(H,17,18). The molecular formula is C13H10BrN3OS. The SMILES string of the molecule is Cc1sc(C(=O)Nc2cc(Br)ccc2C#N)cc1N. The van der Waals surface area contributed by atoms with E-state index in [4.69, 9.17) is 11.0 Å². The molecule has 0 aliphatic heterocycles. The zero-order chi connectivity index (χ0) is 14.0. The minimum atomic E-state index is -0.264. The summed E-state index contributed by atoms with van der Waals surface area (Å²) in [5.74, 6) is -0.264. The Kier molecular flexibility index (Phi) is 3.88. The summed E-state index contributed by atoms with van der Waals surface area (Å²) in [5.41, 5.74) is 7.22. The smallest absolute Gasteiger partial charge is 0.265 e. The van der Waals surface area contributed by atoms with Crippen molar-refractivity contribution < 1.29 is 4.79 Å². The van der Waals surface area contributed by atoms with Crippen molar-refractivity contribution in [3.63, 3.8) is 0 Å². The molecule has 0 aliphatic rings. The summed E-state index contributed by atoms with van der Waals surface area (Å²) in [6, 6.07) is 8.77. The minimum Gasteiger partial charge on any atom is -0.398 e. The van der Waals surface area contributed by atoms with E-state index in [2.05, 4.69) is 21.2 Å². The first-order chi connectivity index (χ1) is 9.01. The van der Waals surface area contributed by atoms with E-state index in [9.17, 15) is 4.79 Å². The predicted octanol–water partition coefficient (Wildman–Crippen LogP) is 3.53. The van der Waals surface area contributed by atoms with Gasteiger partial charge in [0.15, 0.2) is 0 Å². The van der Waals surface area contributed by atoms with Gasteiger partial charge in [-0.3, -0.25) is 4.79 Å². The van der Waals surface area contributed by atoms with Crippen LogP contribution >= 0.6 is 27.3 Å². The van der Waals surface area contributed by atoms with Crippen LogP contribution < -0.4 is 11.1 Å². The average Bonchev–Trinajstić information content (AvgIpc) is 2.70. The predicted molar refractivity (Wildman–Crippen MR) is 80.3 cm³/mol. The first-order valence-corrected chi connectivity index (χ1v) is 6.99. The maximum atomic E-state index is 12.1. The van der Waals surface area contributed by atoms with Crippen LogP contribution in [0.4, 0.5) is 11.4 Å². The fourth-order valence-corrected chi connectivity index (χ4v) is 2.71. The van der Waals surface area contributed by atoms with Crippen LogP contribution in [-0.4, -0.2) is 5.91 Å². The summed E-state index contributed by atoms with van der Waals surface area (Å²) in [5, 5.41) is 11.7. The van der Waals surface area contributed by atoms with Crippen LogP contribution in [0, 0.1) is 18.3 Å². The Hall–Kier alpha value is -1.84. The van der Waals surface area contributed by atoms with Crippen LogP contribution in [0.15, 0.2) is 28.7 Å². The molecule has 0 fully saturated rings. The monoisotopic (exact) mass is 335 g/mol. The van der Waals surface area contributed by atoms with E-state index >= 15 is 0 Å². The van der Waals surface area contributed by atoms with Crippen LogP contribution in [0.25, 0.3) is 0 Å². The van der Waals surface area contributed by atoms with Crippen LogP contribution in [-0.2, 0) is 0 Å². The molecule has 0 radical (unpaired) electrons. The Morgan fingerprint density at radius 1 is 1.47 bits per heavy atom. The molecule has 1 aromatic carbocycles. The van der Waals surface area contributed by atoms with Gasteiger partial charge in [-0.25, -0.2) is 0 Å². The molecule has 96 valence electrons. The number of nitriles is 1. The van der Waals surface area contributed by atoms with E-state index in [1.165, 1.54) is 11.3 Å². The summed E-state index contributed by atoms with van der Waals surface area (Å²) in [4.78, 5) is 13.5. The van der Waals surface area contributed by atoms with Crippen molar-refractivity contribution in [1.29, 1.82) is 5.26 Å². The lowest BCUT2D eigenvalue weighted by Gasteiger charge is -2.06. The molecular weight excluding hydrogens is 326 g/mol. The van der Waals surface area contributed by atoms with Gasteiger partial charge in [0.1, 0.15) is 6.07 Å². The lowest BCUT2D eigenvalue weighted by atomic mass is 10.2. The summed E-state index contributed by atoms with van der Waals surface area (Å²) < 4.78 is 0.795. The van der Waals surface area contributed by atoms with Crippen molar-refractivity contribution in [3.8, 4) is 6.07 Å². The highest BCUT2D eigenvalue weighted by molar-refractivity contribution is 9.10. The van der Waals surface area contributed by atoms with Crippen molar-refractivity contribution in [2.45, 2.75) is 6.92 Å². The molecule has 2 aromatic rings. The van der Waals surface area contributed by atoms with E-state index in [0.29, 0.717) is 21.8 Å². The first kappa shape index (κ1) is 13.6. The highest BCUT2D eigenvalue weighted by atomic mass is 79.9. The van der Waals surface area contributed by atoms with Gasteiger partial charge in [-0.1, -0.05) is 15.9 Å². The number of nitrogens with one attached hydrogen (secondary N) is 1. The van der Waals surface area contributed by atoms with Gasteiger partial charge < -0.3 is 11.1 Å². The Labute approximate surface area is 123 Å². The second kappa shape index (κ2) is 5.43. The number of anilines is 2. The Morgan fingerprint density at radius 2 is 2.21 bits per heavy atom. The molecule has 6 heteroatoms. The fourth-order valence-electron chi connectivity index (χ4n) is 1.51. The summed E-state index contributed by atoms with van der Waals surface area (Å²) >= 11 is 4.64. The zero-order valence-corrected chi connectivity index (χ0v) is 12.4. The van der Waals surface area contributed by atoms with Crippen LogP contribution in [0.1, 0.15) is 20.1 Å². The lowest BCUT2D eigenvalue weighted by Crippen LogP contribution is -2.11. The molecule has 1 aromatic heterocycles. The average molecular weight is 336 g/mol. The number of rotatable bonds is 2. The number of nitrogens with two attached hydrogens (primary N) is 1. The van der Waals surface area contributed by atoms with Crippen molar-refractivity contribution >= 4 is 44.5 Å². The Morgan fingerprint density at radius 3 is 2.79 bits per heavy atom. The molecule has 0 atom stereocenters. The van der Waals surface area contributed by atoms with Crippen molar-refractivity contribution in [3.05, 3.63) is 44.1 Å². The number of halogens is 1. The second-order valence-electron chi connectivity index (χ2n) is 3.88. The molecule has 0 saturated heterocycles. The van der Waals surface area contributed by atoms with Gasteiger partial charge in [0.05, 0.1) is 16.1 Å². The minimum absolute atomic E-state index is 0.264. The maximum Gasteiger partial charge on any atom is 0.265 e. The van der Waals surface area contributed by atoms with E-state index in [-0.39, 0.29) is 5.91 Å². The van der Waals surface area contributed by atoms with Gasteiger partial charge in [0, 0.05) is 15.0 Å². The second-order valence-corrected chi connectivity index (χ2v) is 6.05. The number of carbonyl (C=O) groups is 1. The summed E-state index contributed by atoms with van der Waals surface area (Å²) in [6.45, 7) is 1.86. The van der Waals surface area contributed by atoms with Crippen LogP contribution in [0.3, 0.4) is 0 Å². The Balaban J connectivity index is 2.29. The van der Waals surface area contributed by atoms with Gasteiger partial charge in [-0.15, -0.1) is 11.3 Å². The van der Waals surface area contributed by atoms with Crippen molar-refractivity contribution in [1.82, 2.24) is 0 Å². The number of nitrogen functional groups attached to an aromatic ring is 1. The van der Waals surface area contributed by atoms with Gasteiger partial charge in [-0.05, 0) is 31.2 Å².